The van der Waals surface area contributed by atoms with Crippen molar-refractivity contribution in [1.82, 2.24) is 0 Å². The van der Waals surface area contributed by atoms with E-state index in [1.54, 1.807) is 18.2 Å². The average molecular weight is 264 g/mol. The van der Waals surface area contributed by atoms with Gasteiger partial charge in [0.1, 0.15) is 0 Å². The van der Waals surface area contributed by atoms with Gasteiger partial charge in [-0.25, -0.2) is 0 Å². The van der Waals surface area contributed by atoms with Crippen molar-refractivity contribution >= 4 is 17.7 Å². The van der Waals surface area contributed by atoms with E-state index in [4.69, 9.17) is 5.11 Å². The third-order valence-electron chi connectivity index (χ3n) is 2.10. The summed E-state index contributed by atoms with van der Waals surface area (Å²) in [6.07, 6.45) is -4.71. The van der Waals surface area contributed by atoms with Gasteiger partial charge in [-0.1, -0.05) is 17.7 Å². The van der Waals surface area contributed by atoms with E-state index in [-0.39, 0.29) is 0 Å². The van der Waals surface area contributed by atoms with Crippen LogP contribution in [-0.2, 0) is 4.79 Å². The maximum absolute atomic E-state index is 12.4. The summed E-state index contributed by atoms with van der Waals surface area (Å²) in [5.74, 6) is -4.67. The van der Waals surface area contributed by atoms with Gasteiger partial charge in [-0.2, -0.15) is 13.2 Å². The topological polar surface area (TPSA) is 37.3 Å². The fourth-order valence-corrected chi connectivity index (χ4v) is 2.33. The van der Waals surface area contributed by atoms with Crippen LogP contribution < -0.4 is 0 Å². The number of rotatable bonds is 4. The monoisotopic (exact) mass is 264 g/mol. The zero-order valence-corrected chi connectivity index (χ0v) is 9.81. The van der Waals surface area contributed by atoms with Gasteiger partial charge in [0.25, 0.3) is 0 Å². The van der Waals surface area contributed by atoms with E-state index in [1.165, 1.54) is 0 Å². The molecule has 0 bridgehead atoms. The molecule has 1 N–H and O–H groups in total. The van der Waals surface area contributed by atoms with Gasteiger partial charge in [-0.15, -0.1) is 11.8 Å². The number of hydrogen-bond acceptors (Lipinski definition) is 2. The average Bonchev–Trinajstić information content (AvgIpc) is 2.15. The van der Waals surface area contributed by atoms with Crippen molar-refractivity contribution in [3.63, 3.8) is 0 Å². The molecule has 2 nitrogen and oxygen atoms in total. The van der Waals surface area contributed by atoms with Crippen molar-refractivity contribution in [2.75, 3.05) is 5.75 Å². The minimum Gasteiger partial charge on any atom is -0.481 e. The molecule has 1 atom stereocenters. The van der Waals surface area contributed by atoms with E-state index in [0.29, 0.717) is 4.90 Å². The van der Waals surface area contributed by atoms with Crippen molar-refractivity contribution in [2.24, 2.45) is 5.92 Å². The molecule has 1 rings (SSSR count). The van der Waals surface area contributed by atoms with Crippen LogP contribution in [0.4, 0.5) is 13.2 Å². The highest BCUT2D eigenvalue weighted by Gasteiger charge is 2.44. The number of benzene rings is 1. The van der Waals surface area contributed by atoms with Crippen molar-refractivity contribution in [1.29, 1.82) is 0 Å². The van der Waals surface area contributed by atoms with Gasteiger partial charge in [0.2, 0.25) is 0 Å². The minimum atomic E-state index is -4.71. The molecule has 0 saturated carbocycles. The molecule has 0 spiro atoms. The summed E-state index contributed by atoms with van der Waals surface area (Å²) < 4.78 is 37.1. The van der Waals surface area contributed by atoms with Gasteiger partial charge in [0, 0.05) is 10.6 Å². The number of aliphatic carboxylic acids is 1. The Morgan fingerprint density at radius 1 is 1.47 bits per heavy atom. The van der Waals surface area contributed by atoms with Crippen molar-refractivity contribution in [3.8, 4) is 0 Å². The third kappa shape index (κ3) is 4.30. The number of carboxylic acid groups (broad SMARTS) is 1. The second kappa shape index (κ2) is 5.44. The highest BCUT2D eigenvalue weighted by molar-refractivity contribution is 7.99. The highest BCUT2D eigenvalue weighted by atomic mass is 32.2. The van der Waals surface area contributed by atoms with Crippen molar-refractivity contribution in [3.05, 3.63) is 29.8 Å². The molecule has 0 saturated heterocycles. The quantitative estimate of drug-likeness (QED) is 0.847. The Hall–Kier alpha value is -1.17. The second-order valence-electron chi connectivity index (χ2n) is 3.56. The Kier molecular flexibility index (Phi) is 4.45. The maximum atomic E-state index is 12.4. The highest BCUT2D eigenvalue weighted by Crippen LogP contribution is 2.32. The van der Waals surface area contributed by atoms with Crippen LogP contribution in [0.25, 0.3) is 0 Å². The van der Waals surface area contributed by atoms with Crippen molar-refractivity contribution in [2.45, 2.75) is 18.0 Å². The lowest BCUT2D eigenvalue weighted by atomic mass is 10.2. The Morgan fingerprint density at radius 2 is 2.12 bits per heavy atom. The molecule has 0 amide bonds. The first kappa shape index (κ1) is 13.9. The van der Waals surface area contributed by atoms with Crippen LogP contribution in [-0.4, -0.2) is 23.0 Å². The van der Waals surface area contributed by atoms with Crippen LogP contribution in [0.15, 0.2) is 29.2 Å². The first-order valence-electron chi connectivity index (χ1n) is 4.79. The summed E-state index contributed by atoms with van der Waals surface area (Å²) in [7, 11) is 0. The Labute approximate surface area is 101 Å². The number of carboxylic acids is 1. The van der Waals surface area contributed by atoms with Crippen LogP contribution >= 0.6 is 11.8 Å². The number of halogens is 3. The zero-order chi connectivity index (χ0) is 13.1. The lowest BCUT2D eigenvalue weighted by molar-refractivity contribution is -0.188. The molecule has 0 fully saturated rings. The number of hydrogen-bond donors (Lipinski definition) is 1. The van der Waals surface area contributed by atoms with E-state index >= 15 is 0 Å². The SMILES string of the molecule is Cc1cccc(SCC(C(=O)O)C(F)(F)F)c1. The van der Waals surface area contributed by atoms with Gasteiger partial charge < -0.3 is 5.11 Å². The molecule has 17 heavy (non-hydrogen) atoms. The molecule has 1 unspecified atom stereocenters. The fourth-order valence-electron chi connectivity index (χ4n) is 1.19. The Balaban J connectivity index is 2.68. The summed E-state index contributed by atoms with van der Waals surface area (Å²) in [4.78, 5) is 11.1. The van der Waals surface area contributed by atoms with E-state index in [9.17, 15) is 18.0 Å². The van der Waals surface area contributed by atoms with E-state index in [2.05, 4.69) is 0 Å². The molecule has 1 aromatic rings. The standard InChI is InChI=1S/C11H11F3O2S/c1-7-3-2-4-8(5-7)17-6-9(10(15)16)11(12,13)14/h2-5,9H,6H2,1H3,(H,15,16). The smallest absolute Gasteiger partial charge is 0.403 e. The molecule has 94 valence electrons. The molecular formula is C11H11F3O2S. The van der Waals surface area contributed by atoms with Crippen LogP contribution in [0, 0.1) is 12.8 Å². The van der Waals surface area contributed by atoms with E-state index in [1.807, 2.05) is 13.0 Å². The Bertz CT molecular complexity index is 404. The van der Waals surface area contributed by atoms with E-state index in [0.717, 1.165) is 17.3 Å². The Morgan fingerprint density at radius 3 is 2.59 bits per heavy atom. The summed E-state index contributed by atoms with van der Waals surface area (Å²) in [5.41, 5.74) is 0.925. The van der Waals surface area contributed by atoms with E-state index < -0.39 is 23.8 Å². The largest absolute Gasteiger partial charge is 0.481 e. The van der Waals surface area contributed by atoms with Crippen molar-refractivity contribution < 1.29 is 23.1 Å². The maximum Gasteiger partial charge on any atom is 0.403 e. The van der Waals surface area contributed by atoms with Gasteiger partial charge in [-0.3, -0.25) is 4.79 Å². The number of alkyl halides is 3. The molecule has 0 aromatic heterocycles. The molecule has 0 aliphatic carbocycles. The summed E-state index contributed by atoms with van der Waals surface area (Å²) in [6.45, 7) is 1.82. The normalized spacial score (nSPS) is 13.4. The summed E-state index contributed by atoms with van der Waals surface area (Å²) in [6, 6.07) is 6.93. The molecular weight excluding hydrogens is 253 g/mol. The lowest BCUT2D eigenvalue weighted by Crippen LogP contribution is -2.32. The van der Waals surface area contributed by atoms with Gasteiger partial charge in [0.15, 0.2) is 5.92 Å². The van der Waals surface area contributed by atoms with Crippen LogP contribution in [0.3, 0.4) is 0 Å². The molecule has 0 aliphatic heterocycles. The number of thioether (sulfide) groups is 1. The fraction of sp³-hybridized carbons (Fsp3) is 0.364. The molecule has 6 heteroatoms. The summed E-state index contributed by atoms with van der Waals surface area (Å²) >= 11 is 0.897. The van der Waals surface area contributed by atoms with Gasteiger partial charge in [-0.05, 0) is 19.1 Å². The third-order valence-corrected chi connectivity index (χ3v) is 3.19. The predicted molar refractivity (Wildman–Crippen MR) is 59.1 cm³/mol. The van der Waals surface area contributed by atoms with Crippen LogP contribution in [0.1, 0.15) is 5.56 Å². The van der Waals surface area contributed by atoms with Crippen LogP contribution in [0.5, 0.6) is 0 Å². The molecule has 0 aliphatic rings. The number of aryl methyl sites for hydroxylation is 1. The van der Waals surface area contributed by atoms with Gasteiger partial charge >= 0.3 is 12.1 Å². The van der Waals surface area contributed by atoms with Crippen LogP contribution in [0.2, 0.25) is 0 Å². The lowest BCUT2D eigenvalue weighted by Gasteiger charge is -2.15. The molecule has 0 radical (unpaired) electrons. The zero-order valence-electron chi connectivity index (χ0n) is 8.99. The second-order valence-corrected chi connectivity index (χ2v) is 4.65. The van der Waals surface area contributed by atoms with Gasteiger partial charge in [0.05, 0.1) is 0 Å². The first-order valence-corrected chi connectivity index (χ1v) is 5.78. The first-order chi connectivity index (χ1) is 7.80. The molecule has 1 aromatic carbocycles. The summed E-state index contributed by atoms with van der Waals surface area (Å²) in [5, 5.41) is 8.51. The molecule has 0 heterocycles. The number of carbonyl (C=O) groups is 1. The minimum absolute atomic E-state index is 0.512. The predicted octanol–water partition coefficient (Wildman–Crippen LogP) is 3.35.